The van der Waals surface area contributed by atoms with Crippen molar-refractivity contribution < 1.29 is 53.7 Å². The van der Waals surface area contributed by atoms with Gasteiger partial charge >= 0.3 is 17.9 Å². The summed E-state index contributed by atoms with van der Waals surface area (Å²) in [6.45, 7) is 0.163. The molecule has 3 aromatic rings. The van der Waals surface area contributed by atoms with Crippen LogP contribution >= 0.6 is 0 Å². The van der Waals surface area contributed by atoms with Gasteiger partial charge in [-0.25, -0.2) is 14.8 Å². The van der Waals surface area contributed by atoms with Gasteiger partial charge in [0.25, 0.3) is 11.5 Å². The number of rotatable bonds is 25. The lowest BCUT2D eigenvalue weighted by atomic mass is 9.91. The Hall–Kier alpha value is -7.53. The summed E-state index contributed by atoms with van der Waals surface area (Å²) in [7, 11) is 1.25. The lowest BCUT2D eigenvalue weighted by Gasteiger charge is -2.23. The van der Waals surface area contributed by atoms with E-state index < -0.39 is 115 Å². The summed E-state index contributed by atoms with van der Waals surface area (Å²) in [4.78, 5) is 131. The first-order valence-corrected chi connectivity index (χ1v) is 18.3. The number of aliphatic carboxylic acids is 3. The fraction of sp³-hybridized carbons (Fsp3) is 0.417. The zero-order valence-electron chi connectivity index (χ0n) is 32.3. The van der Waals surface area contributed by atoms with E-state index in [1.54, 1.807) is 0 Å². The predicted molar refractivity (Wildman–Crippen MR) is 211 cm³/mol. The van der Waals surface area contributed by atoms with Gasteiger partial charge in [0, 0.05) is 44.1 Å². The summed E-state index contributed by atoms with van der Waals surface area (Å²) in [5, 5.41) is 38.6. The van der Waals surface area contributed by atoms with E-state index >= 15 is 0 Å². The summed E-state index contributed by atoms with van der Waals surface area (Å²) >= 11 is 0. The molecule has 0 saturated carbocycles. The number of anilines is 2. The minimum Gasteiger partial charge on any atom is -0.481 e. The predicted octanol–water partition coefficient (Wildman–Crippen LogP) is -1.74. The van der Waals surface area contributed by atoms with Gasteiger partial charge in [0.15, 0.2) is 22.9 Å². The zero-order valence-corrected chi connectivity index (χ0v) is 32.3. The summed E-state index contributed by atoms with van der Waals surface area (Å²) in [5.74, 6) is -11.4. The molecule has 1 aromatic carbocycles. The maximum absolute atomic E-state index is 13.4. The van der Waals surface area contributed by atoms with Crippen molar-refractivity contribution >= 4 is 76.0 Å². The number of nitrogens with one attached hydrogen (secondary N) is 5. The van der Waals surface area contributed by atoms with Crippen LogP contribution < -0.4 is 44.0 Å². The average molecular weight is 839 g/mol. The number of aliphatic imine (C=N–C) groups is 1. The molecule has 0 fully saturated rings. The topological polar surface area (TPSA) is 407 Å². The number of aromatic amines is 1. The minimum atomic E-state index is -1.56. The number of amides is 3. The van der Waals surface area contributed by atoms with Crippen molar-refractivity contribution in [2.24, 2.45) is 28.3 Å². The molecule has 0 radical (unpaired) electrons. The number of benzene rings is 1. The molecule has 322 valence electrons. The van der Waals surface area contributed by atoms with Crippen LogP contribution in [0.1, 0.15) is 67.4 Å². The van der Waals surface area contributed by atoms with Gasteiger partial charge in [0.1, 0.15) is 11.8 Å². The minimum absolute atomic E-state index is 0.00691. The van der Waals surface area contributed by atoms with E-state index in [2.05, 4.69) is 46.2 Å². The van der Waals surface area contributed by atoms with E-state index in [-0.39, 0.29) is 54.6 Å². The normalized spacial score (nSPS) is 12.8. The molecule has 0 aliphatic carbocycles. The molecule has 3 rings (SSSR count). The van der Waals surface area contributed by atoms with Crippen molar-refractivity contribution in [1.29, 1.82) is 0 Å². The molecule has 0 saturated heterocycles. The third-order valence-corrected chi connectivity index (χ3v) is 8.82. The number of H-pyrrole nitrogens is 1. The third-order valence-electron chi connectivity index (χ3n) is 8.82. The Morgan fingerprint density at radius 1 is 0.833 bits per heavy atom. The van der Waals surface area contributed by atoms with Crippen LogP contribution in [0.5, 0.6) is 0 Å². The number of guanidine groups is 1. The van der Waals surface area contributed by atoms with Crippen molar-refractivity contribution in [2.45, 2.75) is 70.0 Å². The van der Waals surface area contributed by atoms with Gasteiger partial charge in [-0.15, -0.1) is 0 Å². The molecule has 2 heterocycles. The molecule has 0 bridgehead atoms. The number of nitrogens with zero attached hydrogens (tertiary/aromatic N) is 4. The van der Waals surface area contributed by atoms with Crippen molar-refractivity contribution in [3.63, 3.8) is 0 Å². The maximum atomic E-state index is 13.4. The van der Waals surface area contributed by atoms with Gasteiger partial charge in [0.2, 0.25) is 17.8 Å². The molecule has 4 atom stereocenters. The molecule has 0 unspecified atom stereocenters. The Balaban J connectivity index is 1.62. The Kier molecular flexibility index (Phi) is 17.5. The number of carbonyl (C=O) groups excluding carboxylic acids is 5. The second-order valence-corrected chi connectivity index (χ2v) is 13.4. The molecular formula is C36H46N12O12. The third kappa shape index (κ3) is 15.1. The molecule has 0 spiro atoms. The Morgan fingerprint density at radius 2 is 1.48 bits per heavy atom. The Labute approximate surface area is 340 Å². The quantitative estimate of drug-likeness (QED) is 0.0256. The van der Waals surface area contributed by atoms with Gasteiger partial charge in [0.05, 0.1) is 49.2 Å². The Bertz CT molecular complexity index is 2170. The highest BCUT2D eigenvalue weighted by atomic mass is 16.4. The van der Waals surface area contributed by atoms with E-state index in [0.29, 0.717) is 11.4 Å². The van der Waals surface area contributed by atoms with E-state index in [9.17, 15) is 58.5 Å². The summed E-state index contributed by atoms with van der Waals surface area (Å²) < 4.78 is 0. The van der Waals surface area contributed by atoms with Crippen LogP contribution in [-0.2, 0) is 40.1 Å². The van der Waals surface area contributed by atoms with Gasteiger partial charge in [-0.2, -0.15) is 4.98 Å². The van der Waals surface area contributed by atoms with Crippen LogP contribution in [0, 0.1) is 11.8 Å². The standard InChI is InChI=1S/C36H46N12O12/c1-40-30(55)19(14-27(53)54)12-25(50)23(3-2-10-41-35(37)38)45-32(57)18(13-26(51)52)11-22(49)8-9-24(34(59)60)46-31(56)17-4-6-20(7-5-17)42-15-21-16-43-29-28(44-21)33(58)48-36(39)47-29/h4-7,16,18-19,23-24,42H,2-3,8-15H2,1H3,(H,40,55)(H,45,57)(H,46,56)(H,51,52)(H,53,54)(H,59,60)(H4,37,38,41)(H3,39,43,47,48,58)/t18-,19-,23-,24-/m0/s1. The van der Waals surface area contributed by atoms with Crippen LogP contribution in [0.2, 0.25) is 0 Å². The van der Waals surface area contributed by atoms with Crippen molar-refractivity contribution in [1.82, 2.24) is 35.9 Å². The van der Waals surface area contributed by atoms with Crippen molar-refractivity contribution in [3.05, 3.63) is 52.1 Å². The van der Waals surface area contributed by atoms with E-state index in [1.807, 2.05) is 0 Å². The molecule has 0 aliphatic rings. The van der Waals surface area contributed by atoms with E-state index in [0.717, 1.165) is 0 Å². The number of carboxylic acids is 3. The first-order valence-electron chi connectivity index (χ1n) is 18.3. The number of hydrogen-bond donors (Lipinski definition) is 11. The number of ketones is 2. The van der Waals surface area contributed by atoms with Crippen molar-refractivity contribution in [3.8, 4) is 0 Å². The number of carboxylic acid groups (broad SMARTS) is 3. The second-order valence-electron chi connectivity index (χ2n) is 13.4. The van der Waals surface area contributed by atoms with Crippen LogP contribution in [0.15, 0.2) is 40.2 Å². The fourth-order valence-corrected chi connectivity index (χ4v) is 5.80. The number of fused-ring (bicyclic) bond motifs is 1. The highest BCUT2D eigenvalue weighted by molar-refractivity contribution is 5.98. The molecule has 0 aliphatic heterocycles. The van der Waals surface area contributed by atoms with Gasteiger partial charge in [-0.05, 0) is 43.5 Å². The second kappa shape index (κ2) is 22.4. The molecule has 24 heteroatoms. The summed E-state index contributed by atoms with van der Waals surface area (Å²) in [6.07, 6.45) is -2.27. The number of aromatic nitrogens is 4. The zero-order chi connectivity index (χ0) is 44.5. The van der Waals surface area contributed by atoms with Crippen LogP contribution in [0.4, 0.5) is 11.6 Å². The SMILES string of the molecule is CNC(=O)[C@H](CC(=O)O)CC(=O)[C@H](CCCN=C(N)N)NC(=O)[C@H](CC(=O)O)CC(=O)CC[C@H](NC(=O)c1ccc(NCc2cnc3nc(N)[nH]c(=O)c3n2)cc1)C(=O)O. The first-order chi connectivity index (χ1) is 28.4. The van der Waals surface area contributed by atoms with Gasteiger partial charge in [-0.3, -0.25) is 48.3 Å². The van der Waals surface area contributed by atoms with E-state index in [4.69, 9.17) is 17.2 Å². The molecule has 14 N–H and O–H groups in total. The largest absolute Gasteiger partial charge is 0.481 e. The number of nitrogens with two attached hydrogens (primary N) is 3. The average Bonchev–Trinajstić information content (AvgIpc) is 3.18. The molecule has 60 heavy (non-hydrogen) atoms. The Morgan fingerprint density at radius 3 is 2.08 bits per heavy atom. The first kappa shape index (κ1) is 46.8. The number of nitrogen functional groups attached to an aromatic ring is 1. The highest BCUT2D eigenvalue weighted by Crippen LogP contribution is 2.18. The molecule has 3 amide bonds. The molecular weight excluding hydrogens is 792 g/mol. The summed E-state index contributed by atoms with van der Waals surface area (Å²) in [6, 6.07) is 2.97. The maximum Gasteiger partial charge on any atom is 0.326 e. The van der Waals surface area contributed by atoms with Crippen LogP contribution in [0.25, 0.3) is 11.2 Å². The molecule has 24 nitrogen and oxygen atoms in total. The lowest BCUT2D eigenvalue weighted by molar-refractivity contribution is -0.142. The van der Waals surface area contributed by atoms with E-state index in [1.165, 1.54) is 37.5 Å². The summed E-state index contributed by atoms with van der Waals surface area (Å²) in [5.41, 5.74) is 16.7. The number of hydrogen-bond acceptors (Lipinski definition) is 15. The van der Waals surface area contributed by atoms with Crippen LogP contribution in [0.3, 0.4) is 0 Å². The lowest BCUT2D eigenvalue weighted by Crippen LogP contribution is -2.46. The van der Waals surface area contributed by atoms with Gasteiger partial charge < -0.3 is 53.8 Å². The van der Waals surface area contributed by atoms with Crippen LogP contribution in [-0.4, -0.2) is 114 Å². The highest BCUT2D eigenvalue weighted by Gasteiger charge is 2.32. The number of carbonyl (C=O) groups is 8. The van der Waals surface area contributed by atoms with Crippen molar-refractivity contribution in [2.75, 3.05) is 24.6 Å². The number of Topliss-reactive ketones (excluding diaryl/α,β-unsaturated/α-hetero) is 2. The molecule has 2 aromatic heterocycles. The fourth-order valence-electron chi connectivity index (χ4n) is 5.80. The monoisotopic (exact) mass is 838 g/mol. The smallest absolute Gasteiger partial charge is 0.326 e. The van der Waals surface area contributed by atoms with Gasteiger partial charge in [-0.1, -0.05) is 0 Å².